The Bertz CT molecular complexity index is 1270. The zero-order chi connectivity index (χ0) is 23.2. The topological polar surface area (TPSA) is 81.2 Å². The summed E-state index contributed by atoms with van der Waals surface area (Å²) < 4.78 is 2.36. The molecule has 0 bridgehead atoms. The normalized spacial score (nSPS) is 12.1. The number of nitrogens with zero attached hydrogens (tertiary/aromatic N) is 3. The van der Waals surface area contributed by atoms with Crippen LogP contribution in [0.4, 0.5) is 0 Å². The maximum atomic E-state index is 13.6. The van der Waals surface area contributed by atoms with Crippen LogP contribution < -0.4 is 11.3 Å². The van der Waals surface area contributed by atoms with Crippen LogP contribution in [0.1, 0.15) is 47.6 Å². The molecule has 0 aliphatic carbocycles. The number of fused-ring (bicyclic) bond motifs is 1. The molecule has 1 unspecified atom stereocenters. The molecule has 0 aliphatic heterocycles. The maximum absolute atomic E-state index is 13.6. The second-order valence-electron chi connectivity index (χ2n) is 7.91. The Hall–Kier alpha value is -3.29. The van der Waals surface area contributed by atoms with Crippen molar-refractivity contribution < 1.29 is 4.79 Å². The maximum Gasteiger partial charge on any atom is 0.271 e. The van der Waals surface area contributed by atoms with Gasteiger partial charge in [0.1, 0.15) is 10.5 Å². The molecule has 0 spiro atoms. The molecule has 6 nitrogen and oxygen atoms in total. The molecule has 2 heterocycles. The number of amides is 1. The number of thiophene rings is 1. The number of nitrogens with two attached hydrogens (primary N) is 1. The van der Waals surface area contributed by atoms with Crippen LogP contribution in [-0.4, -0.2) is 33.4 Å². The molecule has 0 radical (unpaired) electrons. The van der Waals surface area contributed by atoms with Gasteiger partial charge in [0.2, 0.25) is 0 Å². The number of benzene rings is 2. The molecule has 0 saturated carbocycles. The Morgan fingerprint density at radius 1 is 1.09 bits per heavy atom. The number of carbonyl (C=O) groups is 1. The second kappa shape index (κ2) is 10.6. The zero-order valence-corrected chi connectivity index (χ0v) is 19.5. The first kappa shape index (κ1) is 22.9. The fraction of sp³-hybridized carbons (Fsp3) is 0.269. The highest BCUT2D eigenvalue weighted by molar-refractivity contribution is 7.17. The highest BCUT2D eigenvalue weighted by atomic mass is 32.1. The summed E-state index contributed by atoms with van der Waals surface area (Å²) in [6.45, 7) is 3.39. The standard InChI is InChI=1S/C26H28N4O2S/c1-2-22(29(16-9-15-27)25(31)20-12-7-4-8-13-20)24-28-21-14-17-33-23(21)26(32)30(24)18-19-10-5-3-6-11-19/h3-8,10-14,17,22H,2,9,15-16,18,27H2,1H3. The van der Waals surface area contributed by atoms with Gasteiger partial charge in [-0.25, -0.2) is 4.98 Å². The van der Waals surface area contributed by atoms with Gasteiger partial charge in [-0.15, -0.1) is 11.3 Å². The monoisotopic (exact) mass is 460 g/mol. The van der Waals surface area contributed by atoms with Gasteiger partial charge in [0.25, 0.3) is 11.5 Å². The van der Waals surface area contributed by atoms with Crippen LogP contribution in [0.25, 0.3) is 10.2 Å². The second-order valence-corrected chi connectivity index (χ2v) is 8.83. The average molecular weight is 461 g/mol. The van der Waals surface area contributed by atoms with E-state index in [1.54, 1.807) is 4.57 Å². The highest BCUT2D eigenvalue weighted by Gasteiger charge is 2.29. The fourth-order valence-electron chi connectivity index (χ4n) is 4.08. The summed E-state index contributed by atoms with van der Waals surface area (Å²) >= 11 is 1.40. The molecule has 0 aliphatic rings. The summed E-state index contributed by atoms with van der Waals surface area (Å²) in [7, 11) is 0. The van der Waals surface area contributed by atoms with Crippen LogP contribution in [-0.2, 0) is 6.54 Å². The number of aromatic nitrogens is 2. The Morgan fingerprint density at radius 2 is 1.79 bits per heavy atom. The lowest BCUT2D eigenvalue weighted by molar-refractivity contribution is 0.0656. The zero-order valence-electron chi connectivity index (χ0n) is 18.7. The summed E-state index contributed by atoms with van der Waals surface area (Å²) in [4.78, 5) is 33.8. The number of carbonyl (C=O) groups excluding carboxylic acids is 1. The first-order chi connectivity index (χ1) is 16.1. The summed E-state index contributed by atoms with van der Waals surface area (Å²) in [6.07, 6.45) is 1.29. The molecule has 4 rings (SSSR count). The lowest BCUT2D eigenvalue weighted by Gasteiger charge is -2.32. The van der Waals surface area contributed by atoms with Gasteiger partial charge < -0.3 is 10.6 Å². The van der Waals surface area contributed by atoms with Crippen LogP contribution in [0, 0.1) is 0 Å². The van der Waals surface area contributed by atoms with E-state index in [9.17, 15) is 9.59 Å². The Morgan fingerprint density at radius 3 is 2.45 bits per heavy atom. The van der Waals surface area contributed by atoms with Crippen molar-refractivity contribution in [1.29, 1.82) is 0 Å². The van der Waals surface area contributed by atoms with Gasteiger partial charge in [-0.2, -0.15) is 0 Å². The Balaban J connectivity index is 1.84. The minimum Gasteiger partial charge on any atom is -0.330 e. The van der Waals surface area contributed by atoms with Crippen LogP contribution in [0.5, 0.6) is 0 Å². The first-order valence-electron chi connectivity index (χ1n) is 11.2. The summed E-state index contributed by atoms with van der Waals surface area (Å²) in [6, 6.07) is 20.6. The van der Waals surface area contributed by atoms with Gasteiger partial charge >= 0.3 is 0 Å². The molecule has 2 aromatic heterocycles. The smallest absolute Gasteiger partial charge is 0.271 e. The predicted molar refractivity (Wildman–Crippen MR) is 134 cm³/mol. The van der Waals surface area contributed by atoms with Crippen molar-refractivity contribution in [3.63, 3.8) is 0 Å². The van der Waals surface area contributed by atoms with Crippen molar-refractivity contribution in [3.05, 3.63) is 99.4 Å². The quantitative estimate of drug-likeness (QED) is 0.400. The van der Waals surface area contributed by atoms with Crippen LogP contribution in [0.15, 0.2) is 76.9 Å². The number of rotatable bonds is 9. The lowest BCUT2D eigenvalue weighted by Crippen LogP contribution is -2.40. The minimum absolute atomic E-state index is 0.0711. The largest absolute Gasteiger partial charge is 0.330 e. The van der Waals surface area contributed by atoms with Crippen LogP contribution >= 0.6 is 11.3 Å². The SMILES string of the molecule is CCC(c1nc2ccsc2c(=O)n1Cc1ccccc1)N(CCCN)C(=O)c1ccccc1. The molecular weight excluding hydrogens is 432 g/mol. The molecular formula is C26H28N4O2S. The molecule has 0 fully saturated rings. The fourth-order valence-corrected chi connectivity index (χ4v) is 4.86. The molecule has 0 saturated heterocycles. The first-order valence-corrected chi connectivity index (χ1v) is 12.1. The van der Waals surface area contributed by atoms with Crippen molar-refractivity contribution in [2.45, 2.75) is 32.4 Å². The number of hydrogen-bond acceptors (Lipinski definition) is 5. The molecule has 7 heteroatoms. The van der Waals surface area contributed by atoms with E-state index in [0.29, 0.717) is 54.1 Å². The van der Waals surface area contributed by atoms with Gasteiger partial charge in [-0.1, -0.05) is 55.5 Å². The van der Waals surface area contributed by atoms with E-state index in [1.807, 2.05) is 83.9 Å². The van der Waals surface area contributed by atoms with Gasteiger partial charge in [0, 0.05) is 12.1 Å². The van der Waals surface area contributed by atoms with Crippen LogP contribution in [0.3, 0.4) is 0 Å². The molecule has 170 valence electrons. The third-order valence-electron chi connectivity index (χ3n) is 5.72. The summed E-state index contributed by atoms with van der Waals surface area (Å²) in [5.74, 6) is 0.528. The van der Waals surface area contributed by atoms with Crippen molar-refractivity contribution in [3.8, 4) is 0 Å². The van der Waals surface area contributed by atoms with Crippen LogP contribution in [0.2, 0.25) is 0 Å². The van der Waals surface area contributed by atoms with Crippen molar-refractivity contribution in [2.75, 3.05) is 13.1 Å². The van der Waals surface area contributed by atoms with Crippen molar-refractivity contribution >= 4 is 27.5 Å². The molecule has 1 atom stereocenters. The highest BCUT2D eigenvalue weighted by Crippen LogP contribution is 2.27. The Labute approximate surface area is 197 Å². The van der Waals surface area contributed by atoms with Gasteiger partial charge in [0.05, 0.1) is 18.1 Å². The molecule has 1 amide bonds. The third-order valence-corrected chi connectivity index (χ3v) is 6.62. The number of hydrogen-bond donors (Lipinski definition) is 1. The van der Waals surface area contributed by atoms with E-state index in [0.717, 1.165) is 5.56 Å². The van der Waals surface area contributed by atoms with E-state index < -0.39 is 0 Å². The van der Waals surface area contributed by atoms with Crippen molar-refractivity contribution in [2.24, 2.45) is 5.73 Å². The summed E-state index contributed by atoms with van der Waals surface area (Å²) in [5.41, 5.74) is 8.03. The predicted octanol–water partition coefficient (Wildman–Crippen LogP) is 4.45. The van der Waals surface area contributed by atoms with E-state index >= 15 is 0 Å². The molecule has 2 N–H and O–H groups in total. The van der Waals surface area contributed by atoms with Gasteiger partial charge in [-0.3, -0.25) is 14.2 Å². The van der Waals surface area contributed by atoms with E-state index in [1.165, 1.54) is 11.3 Å². The van der Waals surface area contributed by atoms with E-state index in [4.69, 9.17) is 10.7 Å². The molecule has 33 heavy (non-hydrogen) atoms. The van der Waals surface area contributed by atoms with E-state index in [-0.39, 0.29) is 17.5 Å². The minimum atomic E-state index is -0.357. The van der Waals surface area contributed by atoms with Gasteiger partial charge in [0.15, 0.2) is 0 Å². The molecule has 4 aromatic rings. The lowest BCUT2D eigenvalue weighted by atomic mass is 10.1. The van der Waals surface area contributed by atoms with E-state index in [2.05, 4.69) is 0 Å². The van der Waals surface area contributed by atoms with Gasteiger partial charge in [-0.05, 0) is 48.5 Å². The Kier molecular flexibility index (Phi) is 7.32. The average Bonchev–Trinajstić information content (AvgIpc) is 3.33. The summed E-state index contributed by atoms with van der Waals surface area (Å²) in [5, 5.41) is 1.89. The molecule has 2 aromatic carbocycles. The third kappa shape index (κ3) is 4.89. The van der Waals surface area contributed by atoms with Crippen molar-refractivity contribution in [1.82, 2.24) is 14.5 Å².